The summed E-state index contributed by atoms with van der Waals surface area (Å²) in [6.45, 7) is 3.03. The Labute approximate surface area is 103 Å². The molecule has 0 bridgehead atoms. The molecule has 0 aliphatic carbocycles. The van der Waals surface area contributed by atoms with E-state index in [0.29, 0.717) is 0 Å². The molecule has 17 heavy (non-hydrogen) atoms. The van der Waals surface area contributed by atoms with Crippen molar-refractivity contribution in [1.82, 2.24) is 5.32 Å². The highest BCUT2D eigenvalue weighted by Crippen LogP contribution is 2.32. The van der Waals surface area contributed by atoms with Gasteiger partial charge >= 0.3 is 0 Å². The van der Waals surface area contributed by atoms with Crippen LogP contribution in [-0.2, 0) is 0 Å². The highest BCUT2D eigenvalue weighted by molar-refractivity contribution is 5.64. The SMILES string of the molecule is CCC(=Cc1cccc(OC)c1OC)CNC. The fourth-order valence-corrected chi connectivity index (χ4v) is 1.75. The Morgan fingerprint density at radius 1 is 1.29 bits per heavy atom. The highest BCUT2D eigenvalue weighted by atomic mass is 16.5. The van der Waals surface area contributed by atoms with E-state index in [4.69, 9.17) is 9.47 Å². The van der Waals surface area contributed by atoms with Gasteiger partial charge in [-0.05, 0) is 19.5 Å². The predicted octanol–water partition coefficient (Wildman–Crippen LogP) is 2.72. The van der Waals surface area contributed by atoms with E-state index < -0.39 is 0 Å². The monoisotopic (exact) mass is 235 g/mol. The van der Waals surface area contributed by atoms with Crippen LogP contribution in [0.3, 0.4) is 0 Å². The largest absolute Gasteiger partial charge is 0.493 e. The molecule has 0 aliphatic heterocycles. The van der Waals surface area contributed by atoms with Crippen LogP contribution in [0.1, 0.15) is 18.9 Å². The number of benzene rings is 1. The van der Waals surface area contributed by atoms with Crippen LogP contribution in [0.25, 0.3) is 6.08 Å². The standard InChI is InChI=1S/C14H21NO2/c1-5-11(10-15-2)9-12-7-6-8-13(16-3)14(12)17-4/h6-9,15H,5,10H2,1-4H3. The average Bonchev–Trinajstić information content (AvgIpc) is 2.37. The molecule has 94 valence electrons. The van der Waals surface area contributed by atoms with Crippen LogP contribution in [0.15, 0.2) is 23.8 Å². The topological polar surface area (TPSA) is 30.5 Å². The van der Waals surface area contributed by atoms with Crippen LogP contribution >= 0.6 is 0 Å². The molecule has 0 atom stereocenters. The Morgan fingerprint density at radius 3 is 2.59 bits per heavy atom. The molecular weight excluding hydrogens is 214 g/mol. The third-order valence-electron chi connectivity index (χ3n) is 2.65. The number of rotatable bonds is 6. The van der Waals surface area contributed by atoms with Gasteiger partial charge in [0.05, 0.1) is 14.2 Å². The minimum atomic E-state index is 0.765. The summed E-state index contributed by atoms with van der Waals surface area (Å²) in [5.74, 6) is 1.55. The van der Waals surface area contributed by atoms with E-state index in [0.717, 1.165) is 30.0 Å². The molecule has 0 aromatic heterocycles. The first-order valence-electron chi connectivity index (χ1n) is 5.81. The van der Waals surface area contributed by atoms with Gasteiger partial charge in [0, 0.05) is 12.1 Å². The van der Waals surface area contributed by atoms with Gasteiger partial charge in [-0.2, -0.15) is 0 Å². The average molecular weight is 235 g/mol. The summed E-state index contributed by atoms with van der Waals surface area (Å²) in [5.41, 5.74) is 2.39. The van der Waals surface area contributed by atoms with Crippen molar-refractivity contribution >= 4 is 6.08 Å². The maximum absolute atomic E-state index is 5.40. The third-order valence-corrected chi connectivity index (χ3v) is 2.65. The van der Waals surface area contributed by atoms with Gasteiger partial charge in [-0.1, -0.05) is 30.7 Å². The van der Waals surface area contributed by atoms with Gasteiger partial charge in [0.15, 0.2) is 11.5 Å². The predicted molar refractivity (Wildman–Crippen MR) is 71.7 cm³/mol. The summed E-state index contributed by atoms with van der Waals surface area (Å²) in [5, 5.41) is 3.16. The van der Waals surface area contributed by atoms with E-state index in [9.17, 15) is 0 Å². The summed E-state index contributed by atoms with van der Waals surface area (Å²) in [6, 6.07) is 5.91. The number of likely N-dealkylation sites (N-methyl/N-ethyl adjacent to an activating group) is 1. The molecule has 0 unspecified atom stereocenters. The molecular formula is C14H21NO2. The van der Waals surface area contributed by atoms with Gasteiger partial charge < -0.3 is 14.8 Å². The number of methoxy groups -OCH3 is 2. The van der Waals surface area contributed by atoms with Crippen molar-refractivity contribution in [1.29, 1.82) is 0 Å². The van der Waals surface area contributed by atoms with Crippen molar-refractivity contribution in [3.8, 4) is 11.5 Å². The molecule has 1 aromatic rings. The first-order valence-corrected chi connectivity index (χ1v) is 5.81. The van der Waals surface area contributed by atoms with Crippen LogP contribution in [0.5, 0.6) is 11.5 Å². The molecule has 0 heterocycles. The smallest absolute Gasteiger partial charge is 0.167 e. The lowest BCUT2D eigenvalue weighted by Crippen LogP contribution is -2.09. The van der Waals surface area contributed by atoms with Gasteiger partial charge in [-0.25, -0.2) is 0 Å². The fraction of sp³-hybridized carbons (Fsp3) is 0.429. The van der Waals surface area contributed by atoms with Crippen LogP contribution < -0.4 is 14.8 Å². The highest BCUT2D eigenvalue weighted by Gasteiger charge is 2.07. The third kappa shape index (κ3) is 3.49. The fourth-order valence-electron chi connectivity index (χ4n) is 1.75. The van der Waals surface area contributed by atoms with Gasteiger partial charge in [0.2, 0.25) is 0 Å². The van der Waals surface area contributed by atoms with E-state index in [1.807, 2.05) is 25.2 Å². The Balaban J connectivity index is 3.12. The number of ether oxygens (including phenoxy) is 2. The maximum atomic E-state index is 5.40. The lowest BCUT2D eigenvalue weighted by molar-refractivity contribution is 0.354. The van der Waals surface area contributed by atoms with Gasteiger partial charge in [-0.3, -0.25) is 0 Å². The molecule has 0 amide bonds. The molecule has 0 radical (unpaired) electrons. The lowest BCUT2D eigenvalue weighted by atomic mass is 10.1. The summed E-state index contributed by atoms with van der Waals surface area (Å²) < 4.78 is 10.7. The van der Waals surface area contributed by atoms with Crippen LogP contribution in [0.4, 0.5) is 0 Å². The minimum Gasteiger partial charge on any atom is -0.493 e. The van der Waals surface area contributed by atoms with E-state index >= 15 is 0 Å². The summed E-state index contributed by atoms with van der Waals surface area (Å²) >= 11 is 0. The van der Waals surface area contributed by atoms with Crippen LogP contribution in [0, 0.1) is 0 Å². The molecule has 0 saturated heterocycles. The van der Waals surface area contributed by atoms with Crippen molar-refractivity contribution in [3.63, 3.8) is 0 Å². The quantitative estimate of drug-likeness (QED) is 0.822. The van der Waals surface area contributed by atoms with Gasteiger partial charge in [0.1, 0.15) is 0 Å². The Morgan fingerprint density at radius 2 is 2.06 bits per heavy atom. The summed E-state index contributed by atoms with van der Waals surface area (Å²) in [7, 11) is 5.27. The second-order valence-corrected chi connectivity index (χ2v) is 3.77. The minimum absolute atomic E-state index is 0.765. The van der Waals surface area contributed by atoms with E-state index in [2.05, 4.69) is 18.3 Å². The van der Waals surface area contributed by atoms with Crippen molar-refractivity contribution < 1.29 is 9.47 Å². The zero-order chi connectivity index (χ0) is 12.7. The number of hydrogen-bond acceptors (Lipinski definition) is 3. The summed E-state index contributed by atoms with van der Waals surface area (Å²) in [4.78, 5) is 0. The van der Waals surface area contributed by atoms with Crippen molar-refractivity contribution in [2.75, 3.05) is 27.8 Å². The van der Waals surface area contributed by atoms with Gasteiger partial charge in [-0.15, -0.1) is 0 Å². The molecule has 0 fully saturated rings. The molecule has 3 nitrogen and oxygen atoms in total. The maximum Gasteiger partial charge on any atom is 0.167 e. The first kappa shape index (κ1) is 13.6. The Kier molecular flexibility index (Phi) is 5.57. The molecule has 3 heteroatoms. The van der Waals surface area contributed by atoms with Crippen molar-refractivity contribution in [3.05, 3.63) is 29.3 Å². The first-order chi connectivity index (χ1) is 8.26. The lowest BCUT2D eigenvalue weighted by Gasteiger charge is -2.11. The molecule has 0 saturated carbocycles. The molecule has 1 rings (SSSR count). The Bertz CT molecular complexity index is 386. The molecule has 1 aromatic carbocycles. The van der Waals surface area contributed by atoms with Crippen LogP contribution in [0.2, 0.25) is 0 Å². The summed E-state index contributed by atoms with van der Waals surface area (Å²) in [6.07, 6.45) is 3.17. The second-order valence-electron chi connectivity index (χ2n) is 3.77. The normalized spacial score (nSPS) is 11.4. The second kappa shape index (κ2) is 6.97. The number of para-hydroxylation sites is 1. The molecule has 0 aliphatic rings. The Hall–Kier alpha value is -1.48. The zero-order valence-corrected chi connectivity index (χ0v) is 11.0. The van der Waals surface area contributed by atoms with E-state index in [1.165, 1.54) is 5.57 Å². The van der Waals surface area contributed by atoms with E-state index in [1.54, 1.807) is 14.2 Å². The van der Waals surface area contributed by atoms with Crippen molar-refractivity contribution in [2.24, 2.45) is 0 Å². The molecule has 1 N–H and O–H groups in total. The van der Waals surface area contributed by atoms with Crippen molar-refractivity contribution in [2.45, 2.75) is 13.3 Å². The molecule has 0 spiro atoms. The number of nitrogens with one attached hydrogen (secondary N) is 1. The van der Waals surface area contributed by atoms with E-state index in [-0.39, 0.29) is 0 Å². The van der Waals surface area contributed by atoms with Gasteiger partial charge in [0.25, 0.3) is 0 Å². The van der Waals surface area contributed by atoms with Crippen LogP contribution in [-0.4, -0.2) is 27.8 Å². The number of hydrogen-bond donors (Lipinski definition) is 1. The zero-order valence-electron chi connectivity index (χ0n) is 11.0.